The number of nitrogens with zero attached hydrogens (tertiary/aromatic N) is 2. The molecule has 2 atom stereocenters. The van der Waals surface area contributed by atoms with Crippen LogP contribution in [-0.2, 0) is 4.74 Å². The summed E-state index contributed by atoms with van der Waals surface area (Å²) in [5, 5.41) is 9.38. The van der Waals surface area contributed by atoms with Crippen molar-refractivity contribution in [3.63, 3.8) is 0 Å². The number of rotatable bonds is 4. The summed E-state index contributed by atoms with van der Waals surface area (Å²) in [6.45, 7) is 6.12. The molecule has 2 fully saturated rings. The second-order valence-corrected chi connectivity index (χ2v) is 7.82. The molecule has 0 radical (unpaired) electrons. The largest absolute Gasteiger partial charge is 0.444 e. The van der Waals surface area contributed by atoms with Gasteiger partial charge < -0.3 is 9.64 Å². The van der Waals surface area contributed by atoms with E-state index in [0.29, 0.717) is 12.5 Å². The average Bonchev–Trinajstić information content (AvgIpc) is 3.39. The van der Waals surface area contributed by atoms with Gasteiger partial charge in [-0.15, -0.1) is 0 Å². The third-order valence-corrected chi connectivity index (χ3v) is 4.58. The summed E-state index contributed by atoms with van der Waals surface area (Å²) < 4.78 is 5.58. The van der Waals surface area contributed by atoms with Gasteiger partial charge in [-0.1, -0.05) is 30.3 Å². The zero-order valence-electron chi connectivity index (χ0n) is 14.1. The van der Waals surface area contributed by atoms with Crippen molar-refractivity contribution in [2.24, 2.45) is 5.41 Å². The summed E-state index contributed by atoms with van der Waals surface area (Å²) in [7, 11) is 0. The first-order valence-electron chi connectivity index (χ1n) is 8.29. The fraction of sp³-hybridized carbons (Fsp3) is 0.579. The molecule has 0 aliphatic heterocycles. The van der Waals surface area contributed by atoms with E-state index in [1.54, 1.807) is 4.90 Å². The van der Waals surface area contributed by atoms with Crippen LogP contribution in [0.4, 0.5) is 4.79 Å². The molecule has 122 valence electrons. The van der Waals surface area contributed by atoms with E-state index in [2.05, 4.69) is 18.2 Å². The highest BCUT2D eigenvalue weighted by atomic mass is 16.6. The number of ether oxygens (including phenoxy) is 1. The molecule has 2 saturated carbocycles. The van der Waals surface area contributed by atoms with Crippen molar-refractivity contribution >= 4 is 6.09 Å². The van der Waals surface area contributed by atoms with Gasteiger partial charge >= 0.3 is 6.09 Å². The van der Waals surface area contributed by atoms with Gasteiger partial charge in [0.25, 0.3) is 0 Å². The maximum atomic E-state index is 12.6. The van der Waals surface area contributed by atoms with E-state index in [0.717, 1.165) is 19.3 Å². The van der Waals surface area contributed by atoms with Gasteiger partial charge in [-0.05, 0) is 45.6 Å². The molecule has 4 nitrogen and oxygen atoms in total. The molecule has 2 aliphatic rings. The van der Waals surface area contributed by atoms with Crippen LogP contribution >= 0.6 is 0 Å². The van der Waals surface area contributed by atoms with Gasteiger partial charge in [0.05, 0.1) is 11.5 Å². The lowest BCUT2D eigenvalue weighted by Crippen LogP contribution is -2.41. The molecule has 4 heteroatoms. The van der Waals surface area contributed by atoms with Crippen molar-refractivity contribution in [1.82, 2.24) is 4.90 Å². The van der Waals surface area contributed by atoms with Crippen LogP contribution in [0.5, 0.6) is 0 Å². The lowest BCUT2D eigenvalue weighted by Gasteiger charge is -2.29. The highest BCUT2D eigenvalue weighted by Crippen LogP contribution is 2.50. The summed E-state index contributed by atoms with van der Waals surface area (Å²) in [5.74, 6) is 0.359. The van der Waals surface area contributed by atoms with Crippen LogP contribution in [0, 0.1) is 16.7 Å². The van der Waals surface area contributed by atoms with Crippen molar-refractivity contribution < 1.29 is 9.53 Å². The standard InChI is InChI=1S/C19H24N2O2/c1-18(2,3)23-17(22)21(13-19(12-20)9-10-19)16-11-15(16)14-7-5-4-6-8-14/h4-8,15-16H,9-11,13H2,1-3H3/t15-,16+/m1/s1. The summed E-state index contributed by atoms with van der Waals surface area (Å²) in [5.41, 5.74) is 0.393. The van der Waals surface area contributed by atoms with Gasteiger partial charge in [-0.2, -0.15) is 5.26 Å². The predicted molar refractivity (Wildman–Crippen MR) is 87.8 cm³/mol. The zero-order valence-corrected chi connectivity index (χ0v) is 14.1. The molecule has 0 spiro atoms. The number of benzene rings is 1. The Balaban J connectivity index is 1.74. The van der Waals surface area contributed by atoms with Crippen LogP contribution in [0.25, 0.3) is 0 Å². The number of hydrogen-bond acceptors (Lipinski definition) is 3. The van der Waals surface area contributed by atoms with Gasteiger partial charge in [0, 0.05) is 18.5 Å². The van der Waals surface area contributed by atoms with Crippen molar-refractivity contribution in [2.45, 2.75) is 57.6 Å². The fourth-order valence-corrected chi connectivity index (χ4v) is 3.00. The zero-order chi connectivity index (χ0) is 16.7. The predicted octanol–water partition coefficient (Wildman–Crippen LogP) is 4.08. The van der Waals surface area contributed by atoms with Gasteiger partial charge in [-0.25, -0.2) is 4.79 Å². The Hall–Kier alpha value is -2.02. The quantitative estimate of drug-likeness (QED) is 0.841. The number of carbonyl (C=O) groups excluding carboxylic acids is 1. The topological polar surface area (TPSA) is 53.3 Å². The Labute approximate surface area is 138 Å². The molecule has 3 rings (SSSR count). The average molecular weight is 312 g/mol. The van der Waals surface area contributed by atoms with Crippen LogP contribution in [0.15, 0.2) is 30.3 Å². The minimum Gasteiger partial charge on any atom is -0.444 e. The van der Waals surface area contributed by atoms with Crippen LogP contribution in [0.1, 0.15) is 51.5 Å². The third kappa shape index (κ3) is 3.67. The summed E-state index contributed by atoms with van der Waals surface area (Å²) in [6, 6.07) is 12.8. The smallest absolute Gasteiger partial charge is 0.410 e. The molecule has 1 aromatic rings. The monoisotopic (exact) mass is 312 g/mol. The van der Waals surface area contributed by atoms with E-state index >= 15 is 0 Å². The van der Waals surface area contributed by atoms with Crippen molar-refractivity contribution in [2.75, 3.05) is 6.54 Å². The lowest BCUT2D eigenvalue weighted by molar-refractivity contribution is 0.0204. The Kier molecular flexibility index (Phi) is 3.83. The van der Waals surface area contributed by atoms with E-state index < -0.39 is 5.60 Å². The van der Waals surface area contributed by atoms with Gasteiger partial charge in [0.15, 0.2) is 0 Å². The second kappa shape index (κ2) is 5.56. The van der Waals surface area contributed by atoms with Crippen LogP contribution in [0.3, 0.4) is 0 Å². The molecule has 1 aromatic carbocycles. The normalized spacial score (nSPS) is 24.4. The first-order chi connectivity index (χ1) is 10.8. The molecule has 0 unspecified atom stereocenters. The van der Waals surface area contributed by atoms with E-state index in [-0.39, 0.29) is 17.6 Å². The number of hydrogen-bond donors (Lipinski definition) is 0. The van der Waals surface area contributed by atoms with Crippen molar-refractivity contribution in [3.8, 4) is 6.07 Å². The minimum absolute atomic E-state index is 0.151. The second-order valence-electron chi connectivity index (χ2n) is 7.82. The molecule has 2 aliphatic carbocycles. The van der Waals surface area contributed by atoms with E-state index in [4.69, 9.17) is 4.74 Å². The van der Waals surface area contributed by atoms with E-state index in [1.807, 2.05) is 39.0 Å². The van der Waals surface area contributed by atoms with Crippen LogP contribution in [-0.4, -0.2) is 29.2 Å². The number of carbonyl (C=O) groups is 1. The maximum absolute atomic E-state index is 12.6. The summed E-state index contributed by atoms with van der Waals surface area (Å²) in [6.07, 6.45) is 2.42. The lowest BCUT2D eigenvalue weighted by atomic mass is 10.1. The molecule has 0 saturated heterocycles. The van der Waals surface area contributed by atoms with Crippen molar-refractivity contribution in [1.29, 1.82) is 5.26 Å². The molecular formula is C19H24N2O2. The number of nitriles is 1. The Bertz CT molecular complexity index is 623. The fourth-order valence-electron chi connectivity index (χ4n) is 3.00. The highest BCUT2D eigenvalue weighted by Gasteiger charge is 2.52. The molecular weight excluding hydrogens is 288 g/mol. The Morgan fingerprint density at radius 2 is 2.00 bits per heavy atom. The van der Waals surface area contributed by atoms with Gasteiger partial charge in [0.1, 0.15) is 5.60 Å². The molecule has 0 aromatic heterocycles. The SMILES string of the molecule is CC(C)(C)OC(=O)N(CC1(C#N)CC1)[C@H]1C[C@@H]1c1ccccc1. The first-order valence-corrected chi connectivity index (χ1v) is 8.29. The minimum atomic E-state index is -0.518. The Morgan fingerprint density at radius 3 is 2.52 bits per heavy atom. The Morgan fingerprint density at radius 1 is 1.35 bits per heavy atom. The van der Waals surface area contributed by atoms with E-state index in [9.17, 15) is 10.1 Å². The van der Waals surface area contributed by atoms with Crippen LogP contribution < -0.4 is 0 Å². The molecule has 1 amide bonds. The maximum Gasteiger partial charge on any atom is 0.410 e. The third-order valence-electron chi connectivity index (χ3n) is 4.58. The first kappa shape index (κ1) is 15.9. The summed E-state index contributed by atoms with van der Waals surface area (Å²) >= 11 is 0. The van der Waals surface area contributed by atoms with Crippen LogP contribution in [0.2, 0.25) is 0 Å². The molecule has 0 bridgehead atoms. The highest BCUT2D eigenvalue weighted by molar-refractivity contribution is 5.70. The molecule has 0 N–H and O–H groups in total. The summed E-state index contributed by atoms with van der Waals surface area (Å²) in [4.78, 5) is 14.4. The van der Waals surface area contributed by atoms with Crippen molar-refractivity contribution in [3.05, 3.63) is 35.9 Å². The molecule has 0 heterocycles. The van der Waals surface area contributed by atoms with E-state index in [1.165, 1.54) is 5.56 Å². The van der Waals surface area contributed by atoms with Gasteiger partial charge in [-0.3, -0.25) is 0 Å². The molecule has 23 heavy (non-hydrogen) atoms. The van der Waals surface area contributed by atoms with Gasteiger partial charge in [0.2, 0.25) is 0 Å². The number of amides is 1.